The minimum Gasteiger partial charge on any atom is -0.481 e. The molecule has 0 aliphatic carbocycles. The lowest BCUT2D eigenvalue weighted by molar-refractivity contribution is -0.140. The van der Waals surface area contributed by atoms with Crippen LogP contribution in [0.3, 0.4) is 0 Å². The fraction of sp³-hybridized carbons (Fsp3) is 0.400. The van der Waals surface area contributed by atoms with E-state index in [2.05, 4.69) is 15.3 Å². The van der Waals surface area contributed by atoms with Crippen LogP contribution in [0.4, 0.5) is 4.79 Å². The molecule has 0 saturated carbocycles. The number of ketones is 1. The molecule has 0 saturated heterocycles. The number of carbonyl (C=O) groups is 3. The summed E-state index contributed by atoms with van der Waals surface area (Å²) in [5.41, 5.74) is 2.22. The molecule has 0 fully saturated rings. The zero-order valence-electron chi connectivity index (χ0n) is 23.0. The Morgan fingerprint density at radius 2 is 1.79 bits per heavy atom. The first-order valence-corrected chi connectivity index (χ1v) is 13.1. The number of nitrogens with one attached hydrogen (secondary N) is 2. The second-order valence-corrected chi connectivity index (χ2v) is 10.6. The van der Waals surface area contributed by atoms with Gasteiger partial charge in [0, 0.05) is 36.2 Å². The molecule has 1 unspecified atom stereocenters. The van der Waals surface area contributed by atoms with Gasteiger partial charge in [-0.15, -0.1) is 0 Å². The normalized spacial score (nSPS) is 12.9. The molecular weight excluding hydrogens is 496 g/mol. The van der Waals surface area contributed by atoms with E-state index in [0.29, 0.717) is 18.5 Å². The third-order valence-electron chi connectivity index (χ3n) is 6.17. The number of aliphatic carboxylic acids is 1. The van der Waals surface area contributed by atoms with Gasteiger partial charge in [0.1, 0.15) is 11.5 Å². The molecule has 0 radical (unpaired) electrons. The van der Waals surface area contributed by atoms with Crippen LogP contribution in [-0.4, -0.2) is 50.0 Å². The average molecular weight is 535 g/mol. The van der Waals surface area contributed by atoms with Crippen LogP contribution in [-0.2, 0) is 22.6 Å². The van der Waals surface area contributed by atoms with Gasteiger partial charge in [-0.3, -0.25) is 19.5 Å². The lowest BCUT2D eigenvalue weighted by Gasteiger charge is -2.27. The monoisotopic (exact) mass is 534 g/mol. The van der Waals surface area contributed by atoms with Crippen molar-refractivity contribution in [3.63, 3.8) is 0 Å². The molecular formula is C30H38N4O5. The van der Waals surface area contributed by atoms with E-state index in [0.717, 1.165) is 17.0 Å². The number of carbonyl (C=O) groups excluding carboxylic acids is 2. The van der Waals surface area contributed by atoms with Gasteiger partial charge in [0.25, 0.3) is 0 Å². The molecule has 39 heavy (non-hydrogen) atoms. The van der Waals surface area contributed by atoms with Gasteiger partial charge in [-0.05, 0) is 76.9 Å². The molecule has 9 nitrogen and oxygen atoms in total. The van der Waals surface area contributed by atoms with Crippen molar-refractivity contribution in [3.8, 4) is 0 Å². The maximum absolute atomic E-state index is 13.0. The third kappa shape index (κ3) is 9.37. The van der Waals surface area contributed by atoms with Gasteiger partial charge in [-0.1, -0.05) is 30.3 Å². The topological polar surface area (TPSA) is 125 Å². The first kappa shape index (κ1) is 29.6. The number of hydrogen-bond donors (Lipinski definition) is 3. The Kier molecular flexibility index (Phi) is 10.4. The van der Waals surface area contributed by atoms with Gasteiger partial charge in [-0.2, -0.15) is 0 Å². The molecule has 208 valence electrons. The average Bonchev–Trinajstić information content (AvgIpc) is 3.43. The van der Waals surface area contributed by atoms with Gasteiger partial charge < -0.3 is 20.1 Å². The van der Waals surface area contributed by atoms with Crippen LogP contribution in [0.1, 0.15) is 73.9 Å². The van der Waals surface area contributed by atoms with Crippen LogP contribution in [0, 0.1) is 5.92 Å². The van der Waals surface area contributed by atoms with E-state index in [1.54, 1.807) is 35.4 Å². The van der Waals surface area contributed by atoms with E-state index in [9.17, 15) is 19.5 Å². The Morgan fingerprint density at radius 3 is 2.38 bits per heavy atom. The molecule has 9 heteroatoms. The first-order chi connectivity index (χ1) is 18.5. The number of carboxylic acid groups (broad SMARTS) is 1. The van der Waals surface area contributed by atoms with Crippen molar-refractivity contribution < 1.29 is 24.2 Å². The van der Waals surface area contributed by atoms with Gasteiger partial charge in [0.2, 0.25) is 0 Å². The van der Waals surface area contributed by atoms with Crippen molar-refractivity contribution in [1.82, 2.24) is 20.2 Å². The highest BCUT2D eigenvalue weighted by Crippen LogP contribution is 2.19. The molecule has 0 spiro atoms. The summed E-state index contributed by atoms with van der Waals surface area (Å²) in [7, 11) is 0. The standard InChI is InChI=1S/C30H38N4O5/c1-21(26-11-8-18-33-26)31-17-7-10-25(28(36)37)27(35)23-14-12-22(13-15-23)19-34(29(38)39-30(2,3)4)20-24-9-5-6-16-32-24/h5-6,8-9,11-16,18,21,25,31,33H,7,10,17,19-20H2,1-4H3,(H,36,37)/t21-,25?/m0/s1. The predicted octanol–water partition coefficient (Wildman–Crippen LogP) is 5.36. The maximum atomic E-state index is 13.0. The van der Waals surface area contributed by atoms with Crippen molar-refractivity contribution in [2.24, 2.45) is 5.92 Å². The number of H-pyrrole nitrogens is 1. The minimum absolute atomic E-state index is 0.101. The van der Waals surface area contributed by atoms with E-state index >= 15 is 0 Å². The smallest absolute Gasteiger partial charge is 0.410 e. The van der Waals surface area contributed by atoms with Crippen LogP contribution in [0.25, 0.3) is 0 Å². The molecule has 3 rings (SSSR count). The van der Waals surface area contributed by atoms with Crippen LogP contribution >= 0.6 is 0 Å². The summed E-state index contributed by atoms with van der Waals surface area (Å²) in [6.07, 6.45) is 3.83. The molecule has 1 aromatic carbocycles. The summed E-state index contributed by atoms with van der Waals surface area (Å²) in [5, 5.41) is 13.1. The molecule has 0 bridgehead atoms. The quantitative estimate of drug-likeness (QED) is 0.153. The number of ether oxygens (including phenoxy) is 1. The highest BCUT2D eigenvalue weighted by atomic mass is 16.6. The predicted molar refractivity (Wildman–Crippen MR) is 148 cm³/mol. The van der Waals surface area contributed by atoms with Crippen molar-refractivity contribution in [2.45, 2.75) is 65.3 Å². The molecule has 2 atom stereocenters. The van der Waals surface area contributed by atoms with Crippen molar-refractivity contribution in [1.29, 1.82) is 0 Å². The molecule has 3 N–H and O–H groups in total. The second-order valence-electron chi connectivity index (χ2n) is 10.6. The molecule has 3 aromatic rings. The number of amides is 1. The fourth-order valence-corrected chi connectivity index (χ4v) is 4.11. The summed E-state index contributed by atoms with van der Waals surface area (Å²) < 4.78 is 5.58. The molecule has 1 amide bonds. The number of aromatic nitrogens is 2. The Morgan fingerprint density at radius 1 is 1.05 bits per heavy atom. The highest BCUT2D eigenvalue weighted by Gasteiger charge is 2.27. The number of hydrogen-bond acceptors (Lipinski definition) is 6. The summed E-state index contributed by atoms with van der Waals surface area (Å²) in [4.78, 5) is 46.8. The second kappa shape index (κ2) is 13.7. The first-order valence-electron chi connectivity index (χ1n) is 13.1. The third-order valence-corrected chi connectivity index (χ3v) is 6.17. The Hall–Kier alpha value is -3.98. The van der Waals surface area contributed by atoms with Crippen LogP contribution < -0.4 is 5.32 Å². The number of aromatic amines is 1. The van der Waals surface area contributed by atoms with Gasteiger partial charge >= 0.3 is 12.1 Å². The number of nitrogens with zero attached hydrogens (tertiary/aromatic N) is 2. The van der Waals surface area contributed by atoms with Crippen LogP contribution in [0.15, 0.2) is 67.0 Å². The fourth-order valence-electron chi connectivity index (χ4n) is 4.11. The number of carboxylic acids is 1. The number of rotatable bonds is 13. The maximum Gasteiger partial charge on any atom is 0.410 e. The lowest BCUT2D eigenvalue weighted by Crippen LogP contribution is -2.36. The van der Waals surface area contributed by atoms with E-state index in [4.69, 9.17) is 4.74 Å². The Labute approximate surface area is 229 Å². The molecule has 2 heterocycles. The van der Waals surface area contributed by atoms with E-state index in [1.807, 2.05) is 64.2 Å². The van der Waals surface area contributed by atoms with Crippen LogP contribution in [0.2, 0.25) is 0 Å². The highest BCUT2D eigenvalue weighted by molar-refractivity contribution is 6.08. The van der Waals surface area contributed by atoms with Crippen LogP contribution in [0.5, 0.6) is 0 Å². The lowest BCUT2D eigenvalue weighted by atomic mass is 9.92. The molecule has 0 aliphatic heterocycles. The van der Waals surface area contributed by atoms with Crippen molar-refractivity contribution >= 4 is 17.8 Å². The number of pyridine rings is 1. The van der Waals surface area contributed by atoms with Gasteiger partial charge in [0.05, 0.1) is 12.2 Å². The van der Waals surface area contributed by atoms with E-state index in [-0.39, 0.29) is 25.6 Å². The van der Waals surface area contributed by atoms with E-state index in [1.165, 1.54) is 0 Å². The summed E-state index contributed by atoms with van der Waals surface area (Å²) >= 11 is 0. The largest absolute Gasteiger partial charge is 0.481 e. The zero-order chi connectivity index (χ0) is 28.4. The summed E-state index contributed by atoms with van der Waals surface area (Å²) in [6, 6.07) is 16.2. The van der Waals surface area contributed by atoms with Crippen molar-refractivity contribution in [3.05, 3.63) is 89.5 Å². The molecule has 2 aromatic heterocycles. The Balaban J connectivity index is 1.62. The SMILES string of the molecule is C[C@H](NCCCC(C(=O)O)C(=O)c1ccc(CN(Cc2ccccn2)C(=O)OC(C)(C)C)cc1)c1ccc[nH]1. The Bertz CT molecular complexity index is 1200. The number of benzene rings is 1. The van der Waals surface area contributed by atoms with Gasteiger partial charge in [-0.25, -0.2) is 4.79 Å². The van der Waals surface area contributed by atoms with Crippen molar-refractivity contribution in [2.75, 3.05) is 6.54 Å². The van der Waals surface area contributed by atoms with E-state index < -0.39 is 29.4 Å². The zero-order valence-corrected chi connectivity index (χ0v) is 23.0. The summed E-state index contributed by atoms with van der Waals surface area (Å²) in [6.45, 7) is 8.53. The number of Topliss-reactive ketones (excluding diaryl/α,β-unsaturated/α-hetero) is 1. The minimum atomic E-state index is -1.13. The summed E-state index contributed by atoms with van der Waals surface area (Å²) in [5.74, 6) is -2.68. The molecule has 0 aliphatic rings. The van der Waals surface area contributed by atoms with Gasteiger partial charge in [0.15, 0.2) is 5.78 Å².